The number of carboxylic acids is 1. The smallest absolute Gasteiger partial charge is 0.304 e. The van der Waals surface area contributed by atoms with Crippen molar-refractivity contribution in [1.82, 2.24) is 4.72 Å². The van der Waals surface area contributed by atoms with Crippen LogP contribution in [0.2, 0.25) is 0 Å². The molecule has 4 heteroatoms. The number of rotatable bonds is 2. The molecule has 0 amide bonds. The van der Waals surface area contributed by atoms with E-state index >= 15 is 0 Å². The minimum atomic E-state index is -0.693. The van der Waals surface area contributed by atoms with Crippen LogP contribution in [-0.4, -0.2) is 22.9 Å². The maximum absolute atomic E-state index is 10.2. The van der Waals surface area contributed by atoms with E-state index in [9.17, 15) is 4.79 Å². The van der Waals surface area contributed by atoms with Gasteiger partial charge in [-0.1, -0.05) is 11.9 Å². The summed E-state index contributed by atoms with van der Waals surface area (Å²) < 4.78 is 3.09. The zero-order valence-corrected chi connectivity index (χ0v) is 6.49. The van der Waals surface area contributed by atoms with E-state index in [1.807, 2.05) is 0 Å². The first-order valence-corrected chi connectivity index (χ1v) is 4.27. The Morgan fingerprint density at radius 1 is 1.80 bits per heavy atom. The molecule has 3 nitrogen and oxygen atoms in total. The highest BCUT2D eigenvalue weighted by Crippen LogP contribution is 2.20. The van der Waals surface area contributed by atoms with E-state index in [1.54, 1.807) is 11.9 Å². The van der Waals surface area contributed by atoms with Gasteiger partial charge >= 0.3 is 5.97 Å². The van der Waals surface area contributed by atoms with Crippen molar-refractivity contribution in [2.45, 2.75) is 24.5 Å². The molecule has 0 saturated carbocycles. The third-order valence-electron chi connectivity index (χ3n) is 1.46. The van der Waals surface area contributed by atoms with Gasteiger partial charge in [-0.2, -0.15) is 0 Å². The Kier molecular flexibility index (Phi) is 3.02. The predicted molar refractivity (Wildman–Crippen MR) is 40.9 cm³/mol. The monoisotopic (exact) mass is 161 g/mol. The number of aliphatic carboxylic acids is 1. The molecule has 10 heavy (non-hydrogen) atoms. The van der Waals surface area contributed by atoms with E-state index in [2.05, 4.69) is 4.72 Å². The standard InChI is InChI=1S/C6H11NO2S/c8-6(9)4-5-2-1-3-7-10-5/h5,7H,1-4H2,(H,8,9). The van der Waals surface area contributed by atoms with E-state index < -0.39 is 5.97 Å². The van der Waals surface area contributed by atoms with Crippen LogP contribution in [0, 0.1) is 0 Å². The Bertz CT molecular complexity index is 123. The molecular formula is C6H11NO2S. The molecule has 58 valence electrons. The second-order valence-corrected chi connectivity index (χ2v) is 3.57. The quantitative estimate of drug-likeness (QED) is 0.590. The number of hydrogen-bond donors (Lipinski definition) is 2. The molecular weight excluding hydrogens is 150 g/mol. The van der Waals surface area contributed by atoms with Gasteiger partial charge in [0.15, 0.2) is 0 Å². The molecule has 0 aromatic carbocycles. The van der Waals surface area contributed by atoms with E-state index in [0.717, 1.165) is 19.4 Å². The van der Waals surface area contributed by atoms with Gasteiger partial charge in [0.05, 0.1) is 6.42 Å². The Labute approximate surface area is 64.3 Å². The van der Waals surface area contributed by atoms with Gasteiger partial charge in [0.1, 0.15) is 0 Å². The summed E-state index contributed by atoms with van der Waals surface area (Å²) in [6.07, 6.45) is 2.42. The second-order valence-electron chi connectivity index (χ2n) is 2.37. The Balaban J connectivity index is 2.19. The lowest BCUT2D eigenvalue weighted by molar-refractivity contribution is -0.137. The highest BCUT2D eigenvalue weighted by Gasteiger charge is 2.16. The molecule has 1 aliphatic heterocycles. The van der Waals surface area contributed by atoms with Crippen molar-refractivity contribution in [1.29, 1.82) is 0 Å². The van der Waals surface area contributed by atoms with E-state index in [0.29, 0.717) is 0 Å². The summed E-state index contributed by atoms with van der Waals surface area (Å²) in [6.45, 7) is 1.01. The maximum Gasteiger partial charge on any atom is 0.304 e. The molecule has 1 fully saturated rings. The molecule has 0 aromatic heterocycles. The van der Waals surface area contributed by atoms with Gasteiger partial charge in [-0.05, 0) is 12.8 Å². The second kappa shape index (κ2) is 3.83. The molecule has 2 N–H and O–H groups in total. The van der Waals surface area contributed by atoms with Crippen LogP contribution in [0.15, 0.2) is 0 Å². The first kappa shape index (κ1) is 7.88. The normalized spacial score (nSPS) is 26.2. The fourth-order valence-corrected chi connectivity index (χ4v) is 1.98. The van der Waals surface area contributed by atoms with Gasteiger partial charge < -0.3 is 5.11 Å². The van der Waals surface area contributed by atoms with Crippen molar-refractivity contribution >= 4 is 17.9 Å². The zero-order valence-electron chi connectivity index (χ0n) is 5.67. The lowest BCUT2D eigenvalue weighted by atomic mass is 10.2. The van der Waals surface area contributed by atoms with Crippen molar-refractivity contribution < 1.29 is 9.90 Å². The molecule has 1 atom stereocenters. The maximum atomic E-state index is 10.2. The summed E-state index contributed by atoms with van der Waals surface area (Å²) >= 11 is 1.56. The molecule has 0 radical (unpaired) electrons. The number of carbonyl (C=O) groups is 1. The van der Waals surface area contributed by atoms with Crippen LogP contribution in [0.1, 0.15) is 19.3 Å². The van der Waals surface area contributed by atoms with E-state index in [1.165, 1.54) is 0 Å². The average Bonchev–Trinajstić information content (AvgIpc) is 1.88. The molecule has 0 aromatic rings. The molecule has 1 aliphatic rings. The largest absolute Gasteiger partial charge is 0.481 e. The minimum Gasteiger partial charge on any atom is -0.481 e. The van der Waals surface area contributed by atoms with Crippen molar-refractivity contribution in [2.75, 3.05) is 6.54 Å². The fraction of sp³-hybridized carbons (Fsp3) is 0.833. The molecule has 0 spiro atoms. The lowest BCUT2D eigenvalue weighted by Gasteiger charge is -2.19. The van der Waals surface area contributed by atoms with Crippen LogP contribution in [0.5, 0.6) is 0 Å². The molecule has 0 aliphatic carbocycles. The lowest BCUT2D eigenvalue weighted by Crippen LogP contribution is -2.23. The molecule has 1 rings (SSSR count). The molecule has 0 bridgehead atoms. The SMILES string of the molecule is O=C(O)CC1CCCNS1. The Hall–Kier alpha value is -0.220. The van der Waals surface area contributed by atoms with Gasteiger partial charge in [-0.15, -0.1) is 0 Å². The van der Waals surface area contributed by atoms with Crippen LogP contribution in [0.25, 0.3) is 0 Å². The Morgan fingerprint density at radius 3 is 3.10 bits per heavy atom. The highest BCUT2D eigenvalue weighted by atomic mass is 32.2. The van der Waals surface area contributed by atoms with Gasteiger partial charge in [-0.3, -0.25) is 9.52 Å². The first-order valence-electron chi connectivity index (χ1n) is 3.39. The average molecular weight is 161 g/mol. The molecule has 1 unspecified atom stereocenters. The first-order chi connectivity index (χ1) is 4.79. The topological polar surface area (TPSA) is 49.3 Å². The summed E-state index contributed by atoms with van der Waals surface area (Å²) in [5.74, 6) is -0.693. The third kappa shape index (κ3) is 2.58. The van der Waals surface area contributed by atoms with Crippen LogP contribution in [-0.2, 0) is 4.79 Å². The van der Waals surface area contributed by atoms with Crippen molar-refractivity contribution in [3.8, 4) is 0 Å². The number of carboxylic acid groups (broad SMARTS) is 1. The van der Waals surface area contributed by atoms with Crippen molar-refractivity contribution in [3.63, 3.8) is 0 Å². The van der Waals surface area contributed by atoms with Crippen molar-refractivity contribution in [2.24, 2.45) is 0 Å². The van der Waals surface area contributed by atoms with Gasteiger partial charge in [0.25, 0.3) is 0 Å². The van der Waals surface area contributed by atoms with E-state index in [-0.39, 0.29) is 11.7 Å². The fourth-order valence-electron chi connectivity index (χ4n) is 0.976. The van der Waals surface area contributed by atoms with Gasteiger partial charge in [0.2, 0.25) is 0 Å². The van der Waals surface area contributed by atoms with Crippen LogP contribution in [0.4, 0.5) is 0 Å². The molecule has 1 heterocycles. The summed E-state index contributed by atoms with van der Waals surface area (Å²) in [4.78, 5) is 10.2. The molecule has 1 saturated heterocycles. The van der Waals surface area contributed by atoms with E-state index in [4.69, 9.17) is 5.11 Å². The van der Waals surface area contributed by atoms with Crippen LogP contribution < -0.4 is 4.72 Å². The summed E-state index contributed by atoms with van der Waals surface area (Å²) in [6, 6.07) is 0. The predicted octanol–water partition coefficient (Wildman–Crippen LogP) is 0.861. The van der Waals surface area contributed by atoms with Gasteiger partial charge in [0, 0.05) is 11.8 Å². The summed E-state index contributed by atoms with van der Waals surface area (Å²) in [7, 11) is 0. The Morgan fingerprint density at radius 2 is 2.60 bits per heavy atom. The van der Waals surface area contributed by atoms with Crippen molar-refractivity contribution in [3.05, 3.63) is 0 Å². The number of nitrogens with one attached hydrogen (secondary N) is 1. The summed E-state index contributed by atoms with van der Waals surface area (Å²) in [5, 5.41) is 8.71. The summed E-state index contributed by atoms with van der Waals surface area (Å²) in [5.41, 5.74) is 0. The zero-order chi connectivity index (χ0) is 7.40. The van der Waals surface area contributed by atoms with Crippen LogP contribution >= 0.6 is 11.9 Å². The third-order valence-corrected chi connectivity index (χ3v) is 2.56. The van der Waals surface area contributed by atoms with Crippen LogP contribution in [0.3, 0.4) is 0 Å². The van der Waals surface area contributed by atoms with Gasteiger partial charge in [-0.25, -0.2) is 0 Å². The number of hydrogen-bond acceptors (Lipinski definition) is 3. The highest BCUT2D eigenvalue weighted by molar-refractivity contribution is 7.98. The minimum absolute atomic E-state index is 0.284.